The van der Waals surface area contributed by atoms with Gasteiger partial charge in [-0.3, -0.25) is 14.0 Å². The van der Waals surface area contributed by atoms with Gasteiger partial charge in [-0.2, -0.15) is 0 Å². The summed E-state index contributed by atoms with van der Waals surface area (Å²) in [5, 5.41) is 9.69. The maximum absolute atomic E-state index is 12.1. The van der Waals surface area contributed by atoms with E-state index in [2.05, 4.69) is 20.9 Å². The van der Waals surface area contributed by atoms with Crippen molar-refractivity contribution in [3.05, 3.63) is 35.4 Å². The zero-order chi connectivity index (χ0) is 18.9. The van der Waals surface area contributed by atoms with Gasteiger partial charge in [0, 0.05) is 54.0 Å². The van der Waals surface area contributed by atoms with Crippen LogP contribution in [-0.4, -0.2) is 47.2 Å². The Morgan fingerprint density at radius 1 is 1.33 bits per heavy atom. The lowest BCUT2D eigenvalue weighted by Crippen LogP contribution is -2.46. The fraction of sp³-hybridized carbons (Fsp3) is 0.579. The van der Waals surface area contributed by atoms with E-state index in [9.17, 15) is 9.00 Å². The molecule has 1 saturated carbocycles. The molecule has 0 saturated heterocycles. The average Bonchev–Trinajstić information content (AvgIpc) is 2.70. The number of carbonyl (C=O) groups excluding carboxylic acids is 1. The molecule has 3 N–H and O–H groups in total. The minimum atomic E-state index is -0.731. The second-order valence-corrected chi connectivity index (χ2v) is 8.51. The number of aliphatic imine (C=N–C) groups is 1. The highest BCUT2D eigenvalue weighted by atomic mass is 127. The fourth-order valence-corrected chi connectivity index (χ4v) is 4.64. The summed E-state index contributed by atoms with van der Waals surface area (Å²) in [4.78, 5) is 16.0. The Morgan fingerprint density at radius 3 is 2.78 bits per heavy atom. The highest BCUT2D eigenvalue weighted by Gasteiger charge is 2.26. The van der Waals surface area contributed by atoms with Gasteiger partial charge in [0.15, 0.2) is 5.96 Å². The van der Waals surface area contributed by atoms with E-state index in [-0.39, 0.29) is 35.1 Å². The first-order valence-corrected chi connectivity index (χ1v) is 10.6. The Kier molecular flexibility index (Phi) is 10.9. The van der Waals surface area contributed by atoms with Crippen LogP contribution in [0.5, 0.6) is 0 Å². The lowest BCUT2D eigenvalue weighted by Gasteiger charge is -2.30. The van der Waals surface area contributed by atoms with Gasteiger partial charge in [-0.15, -0.1) is 24.0 Å². The van der Waals surface area contributed by atoms with Gasteiger partial charge < -0.3 is 16.0 Å². The van der Waals surface area contributed by atoms with Crippen molar-refractivity contribution >= 4 is 46.6 Å². The molecular weight excluding hydrogens is 475 g/mol. The SMILES string of the molecule is CCS(=O)C1CCCC(NC(=NC)NCc2cccc(C(=O)NC)c2)C1.I. The van der Waals surface area contributed by atoms with Gasteiger partial charge in [-0.25, -0.2) is 0 Å². The van der Waals surface area contributed by atoms with Gasteiger partial charge in [0.05, 0.1) is 0 Å². The summed E-state index contributed by atoms with van der Waals surface area (Å²) >= 11 is 0. The molecule has 0 spiro atoms. The van der Waals surface area contributed by atoms with Gasteiger partial charge in [-0.1, -0.05) is 25.5 Å². The summed E-state index contributed by atoms with van der Waals surface area (Å²) in [5.41, 5.74) is 1.66. The van der Waals surface area contributed by atoms with Gasteiger partial charge in [0.1, 0.15) is 0 Å². The van der Waals surface area contributed by atoms with E-state index in [4.69, 9.17) is 0 Å². The third-order valence-corrected chi connectivity index (χ3v) is 6.46. The lowest BCUT2D eigenvalue weighted by atomic mass is 9.95. The molecule has 0 bridgehead atoms. The molecule has 27 heavy (non-hydrogen) atoms. The lowest BCUT2D eigenvalue weighted by molar-refractivity contribution is 0.0963. The quantitative estimate of drug-likeness (QED) is 0.315. The van der Waals surface area contributed by atoms with Crippen molar-refractivity contribution in [2.45, 2.75) is 50.4 Å². The summed E-state index contributed by atoms with van der Waals surface area (Å²) in [6.07, 6.45) is 4.15. The standard InChI is InChI=1S/C19H30N4O2S.HI/c1-4-26(25)17-10-6-9-16(12-17)23-19(21-3)22-13-14-7-5-8-15(11-14)18(24)20-2;/h5,7-8,11,16-17H,4,6,9-10,12-13H2,1-3H3,(H,20,24)(H2,21,22,23);1H. The van der Waals surface area contributed by atoms with E-state index >= 15 is 0 Å². The van der Waals surface area contributed by atoms with Gasteiger partial charge in [0.25, 0.3) is 5.91 Å². The Bertz CT molecular complexity index is 669. The number of nitrogens with one attached hydrogen (secondary N) is 3. The number of guanidine groups is 1. The van der Waals surface area contributed by atoms with Crippen molar-refractivity contribution in [2.24, 2.45) is 4.99 Å². The topological polar surface area (TPSA) is 82.6 Å². The molecule has 1 fully saturated rings. The van der Waals surface area contributed by atoms with Crippen molar-refractivity contribution in [1.29, 1.82) is 0 Å². The summed E-state index contributed by atoms with van der Waals surface area (Å²) < 4.78 is 12.1. The number of halogens is 1. The molecule has 2 rings (SSSR count). The van der Waals surface area contributed by atoms with Crippen molar-refractivity contribution in [3.63, 3.8) is 0 Å². The van der Waals surface area contributed by atoms with Crippen LogP contribution in [0.2, 0.25) is 0 Å². The van der Waals surface area contributed by atoms with Gasteiger partial charge >= 0.3 is 0 Å². The molecular formula is C19H31IN4O2S. The summed E-state index contributed by atoms with van der Waals surface area (Å²) in [7, 11) is 2.65. The number of hydrogen-bond acceptors (Lipinski definition) is 3. The zero-order valence-electron chi connectivity index (χ0n) is 16.3. The van der Waals surface area contributed by atoms with Crippen LogP contribution in [0.4, 0.5) is 0 Å². The average molecular weight is 506 g/mol. The van der Waals surface area contributed by atoms with E-state index in [1.54, 1.807) is 20.2 Å². The predicted octanol–water partition coefficient (Wildman–Crippen LogP) is 2.41. The smallest absolute Gasteiger partial charge is 0.251 e. The first-order valence-electron chi connectivity index (χ1n) is 9.22. The highest BCUT2D eigenvalue weighted by molar-refractivity contribution is 14.0. The van der Waals surface area contributed by atoms with E-state index < -0.39 is 10.8 Å². The first kappa shape index (κ1) is 23.9. The number of nitrogens with zero attached hydrogens (tertiary/aromatic N) is 1. The number of amides is 1. The van der Waals surface area contributed by atoms with Crippen LogP contribution in [-0.2, 0) is 17.3 Å². The molecule has 0 aromatic heterocycles. The van der Waals surface area contributed by atoms with Crippen LogP contribution in [0, 0.1) is 0 Å². The molecule has 1 aromatic rings. The Labute approximate surface area is 181 Å². The molecule has 1 aromatic carbocycles. The van der Waals surface area contributed by atoms with Crippen molar-refractivity contribution in [3.8, 4) is 0 Å². The molecule has 1 aliphatic rings. The van der Waals surface area contributed by atoms with Gasteiger partial charge in [0.2, 0.25) is 0 Å². The van der Waals surface area contributed by atoms with Gasteiger partial charge in [-0.05, 0) is 37.0 Å². The third kappa shape index (κ3) is 7.40. The molecule has 6 nitrogen and oxygen atoms in total. The number of hydrogen-bond donors (Lipinski definition) is 3. The van der Waals surface area contributed by atoms with E-state index in [0.29, 0.717) is 18.2 Å². The number of carbonyl (C=O) groups is 1. The molecule has 0 heterocycles. The number of benzene rings is 1. The highest BCUT2D eigenvalue weighted by Crippen LogP contribution is 2.23. The summed E-state index contributed by atoms with van der Waals surface area (Å²) in [6.45, 7) is 2.57. The number of rotatable bonds is 6. The molecule has 3 unspecified atom stereocenters. The van der Waals surface area contributed by atoms with Crippen LogP contribution >= 0.6 is 24.0 Å². The molecule has 8 heteroatoms. The zero-order valence-corrected chi connectivity index (χ0v) is 19.4. The normalized spacial score (nSPS) is 20.9. The van der Waals surface area contributed by atoms with E-state index in [1.807, 2.05) is 25.1 Å². The molecule has 0 radical (unpaired) electrons. The fourth-order valence-electron chi connectivity index (χ4n) is 3.29. The van der Waals surface area contributed by atoms with Crippen molar-refractivity contribution in [2.75, 3.05) is 19.8 Å². The second kappa shape index (κ2) is 12.3. The third-order valence-electron chi connectivity index (χ3n) is 4.72. The van der Waals surface area contributed by atoms with Crippen LogP contribution in [0.15, 0.2) is 29.3 Å². The second-order valence-electron chi connectivity index (χ2n) is 6.50. The maximum Gasteiger partial charge on any atom is 0.251 e. The minimum absolute atomic E-state index is 0. The monoisotopic (exact) mass is 506 g/mol. The van der Waals surface area contributed by atoms with Crippen LogP contribution in [0.25, 0.3) is 0 Å². The van der Waals surface area contributed by atoms with Crippen LogP contribution in [0.3, 0.4) is 0 Å². The Balaban J connectivity index is 0.00000364. The molecule has 1 aliphatic carbocycles. The first-order chi connectivity index (χ1) is 12.6. The minimum Gasteiger partial charge on any atom is -0.355 e. The molecule has 152 valence electrons. The summed E-state index contributed by atoms with van der Waals surface area (Å²) in [6, 6.07) is 7.83. The summed E-state index contributed by atoms with van der Waals surface area (Å²) in [5.74, 6) is 1.38. The van der Waals surface area contributed by atoms with Crippen LogP contribution in [0.1, 0.15) is 48.5 Å². The molecule has 1 amide bonds. The molecule has 0 aliphatic heterocycles. The Hall–Kier alpha value is -1.16. The van der Waals surface area contributed by atoms with Crippen molar-refractivity contribution < 1.29 is 9.00 Å². The largest absolute Gasteiger partial charge is 0.355 e. The van der Waals surface area contributed by atoms with E-state index in [1.165, 1.54) is 0 Å². The van der Waals surface area contributed by atoms with Crippen molar-refractivity contribution in [1.82, 2.24) is 16.0 Å². The van der Waals surface area contributed by atoms with E-state index in [0.717, 1.165) is 43.0 Å². The maximum atomic E-state index is 12.1. The predicted molar refractivity (Wildman–Crippen MR) is 123 cm³/mol. The molecule has 3 atom stereocenters. The van der Waals surface area contributed by atoms with Crippen LogP contribution < -0.4 is 16.0 Å². The Morgan fingerprint density at radius 2 is 2.11 bits per heavy atom.